The van der Waals surface area contributed by atoms with Gasteiger partial charge in [-0.2, -0.15) is 0 Å². The first kappa shape index (κ1) is 11.3. The Balaban J connectivity index is 2.17. The Morgan fingerprint density at radius 2 is 1.47 bits per heavy atom. The molecule has 0 atom stereocenters. The molecule has 0 spiro atoms. The van der Waals surface area contributed by atoms with Crippen LogP contribution in [0.3, 0.4) is 0 Å². The van der Waals surface area contributed by atoms with Gasteiger partial charge in [-0.3, -0.25) is 4.99 Å². The molecule has 0 saturated heterocycles. The Morgan fingerprint density at radius 1 is 0.882 bits per heavy atom. The van der Waals surface area contributed by atoms with Crippen LogP contribution in [0.2, 0.25) is 0 Å². The third-order valence-electron chi connectivity index (χ3n) is 2.44. The lowest BCUT2D eigenvalue weighted by Gasteiger charge is -2.01. The van der Waals surface area contributed by atoms with Gasteiger partial charge in [0.05, 0.1) is 6.54 Å². The number of amidine groups is 1. The number of hydrogen-bond donors (Lipinski definition) is 0. The van der Waals surface area contributed by atoms with E-state index in [-0.39, 0.29) is 0 Å². The molecule has 0 bridgehead atoms. The summed E-state index contributed by atoms with van der Waals surface area (Å²) in [5.74, 6) is 0.689. The van der Waals surface area contributed by atoms with E-state index in [1.165, 1.54) is 5.56 Å². The van der Waals surface area contributed by atoms with Gasteiger partial charge in [0.2, 0.25) is 0 Å². The lowest BCUT2D eigenvalue weighted by Crippen LogP contribution is -1.97. The highest BCUT2D eigenvalue weighted by molar-refractivity contribution is 6.01. The van der Waals surface area contributed by atoms with E-state index in [1.54, 1.807) is 0 Å². The molecule has 0 fully saturated rings. The molecule has 17 heavy (non-hydrogen) atoms. The maximum atomic E-state index is 4.47. The van der Waals surface area contributed by atoms with E-state index in [0.29, 0.717) is 12.4 Å². The molecule has 0 saturated carbocycles. The van der Waals surface area contributed by atoms with Crippen molar-refractivity contribution in [2.24, 2.45) is 9.98 Å². The Hall–Kier alpha value is -2.22. The van der Waals surface area contributed by atoms with E-state index in [4.69, 9.17) is 0 Å². The van der Waals surface area contributed by atoms with Gasteiger partial charge in [0.15, 0.2) is 5.84 Å². The predicted octanol–water partition coefficient (Wildman–Crippen LogP) is 3.33. The van der Waals surface area contributed by atoms with Gasteiger partial charge in [-0.05, 0) is 12.3 Å². The smallest absolute Gasteiger partial charge is 0.154 e. The zero-order chi connectivity index (χ0) is 11.9. The zero-order valence-corrected chi connectivity index (χ0v) is 9.58. The molecule has 2 aromatic rings. The molecule has 84 valence electrons. The van der Waals surface area contributed by atoms with Crippen LogP contribution in [0.1, 0.15) is 11.1 Å². The van der Waals surface area contributed by atoms with Crippen LogP contribution in [-0.2, 0) is 6.54 Å². The average molecular weight is 222 g/mol. The van der Waals surface area contributed by atoms with Gasteiger partial charge < -0.3 is 0 Å². The van der Waals surface area contributed by atoms with Gasteiger partial charge in [-0.15, -0.1) is 0 Å². The summed E-state index contributed by atoms with van der Waals surface area (Å²) in [6, 6.07) is 20.0. The third kappa shape index (κ3) is 3.11. The van der Waals surface area contributed by atoms with Gasteiger partial charge in [0, 0.05) is 5.56 Å². The lowest BCUT2D eigenvalue weighted by molar-refractivity contribution is 1.06. The monoisotopic (exact) mass is 222 g/mol. The number of rotatable bonds is 3. The fourth-order valence-corrected chi connectivity index (χ4v) is 1.57. The van der Waals surface area contributed by atoms with Gasteiger partial charge in [-0.1, -0.05) is 60.7 Å². The van der Waals surface area contributed by atoms with E-state index >= 15 is 0 Å². The van der Waals surface area contributed by atoms with Crippen molar-refractivity contribution in [3.8, 4) is 0 Å². The first-order valence-corrected chi connectivity index (χ1v) is 5.50. The molecule has 0 aliphatic rings. The largest absolute Gasteiger partial charge is 0.261 e. The topological polar surface area (TPSA) is 24.7 Å². The summed E-state index contributed by atoms with van der Waals surface area (Å²) in [6.45, 7) is 4.20. The van der Waals surface area contributed by atoms with Gasteiger partial charge in [0.1, 0.15) is 0 Å². The summed E-state index contributed by atoms with van der Waals surface area (Å²) in [7, 11) is 0. The van der Waals surface area contributed by atoms with Crippen LogP contribution in [0.4, 0.5) is 0 Å². The maximum Gasteiger partial charge on any atom is 0.154 e. The van der Waals surface area contributed by atoms with E-state index in [9.17, 15) is 0 Å². The van der Waals surface area contributed by atoms with Crippen molar-refractivity contribution in [3.63, 3.8) is 0 Å². The Morgan fingerprint density at radius 3 is 2.06 bits per heavy atom. The van der Waals surface area contributed by atoms with E-state index < -0.39 is 0 Å². The zero-order valence-electron chi connectivity index (χ0n) is 9.58. The summed E-state index contributed by atoms with van der Waals surface area (Å²) in [6.07, 6.45) is 0. The second-order valence-corrected chi connectivity index (χ2v) is 3.65. The highest BCUT2D eigenvalue weighted by Gasteiger charge is 1.98. The normalized spacial score (nSPS) is 11.2. The molecule has 0 N–H and O–H groups in total. The van der Waals surface area contributed by atoms with Gasteiger partial charge in [-0.25, -0.2) is 4.99 Å². The van der Waals surface area contributed by atoms with Crippen molar-refractivity contribution in [3.05, 3.63) is 71.8 Å². The standard InChI is InChI=1S/C15H14N2/c1-16-15(14-10-6-3-7-11-14)17-12-13-8-4-2-5-9-13/h2-11H,1,12H2/b17-15-. The number of hydrogen-bond acceptors (Lipinski definition) is 1. The third-order valence-corrected chi connectivity index (χ3v) is 2.44. The molecular weight excluding hydrogens is 208 g/mol. The highest BCUT2D eigenvalue weighted by Crippen LogP contribution is 2.05. The van der Waals surface area contributed by atoms with Crippen LogP contribution in [0.15, 0.2) is 70.6 Å². The van der Waals surface area contributed by atoms with Crippen LogP contribution >= 0.6 is 0 Å². The van der Waals surface area contributed by atoms with Crippen molar-refractivity contribution in [1.82, 2.24) is 0 Å². The van der Waals surface area contributed by atoms with Crippen molar-refractivity contribution >= 4 is 12.6 Å². The summed E-state index contributed by atoms with van der Waals surface area (Å²) >= 11 is 0. The molecule has 0 aliphatic heterocycles. The second-order valence-electron chi connectivity index (χ2n) is 3.65. The lowest BCUT2D eigenvalue weighted by atomic mass is 10.2. The van der Waals surface area contributed by atoms with E-state index in [2.05, 4.69) is 28.8 Å². The van der Waals surface area contributed by atoms with Crippen molar-refractivity contribution < 1.29 is 0 Å². The maximum absolute atomic E-state index is 4.47. The molecule has 2 aromatic carbocycles. The second kappa shape index (κ2) is 5.75. The minimum atomic E-state index is 0.629. The quantitative estimate of drug-likeness (QED) is 0.562. The van der Waals surface area contributed by atoms with Crippen LogP contribution in [-0.4, -0.2) is 12.6 Å². The first-order valence-electron chi connectivity index (χ1n) is 5.50. The molecule has 2 nitrogen and oxygen atoms in total. The number of nitrogens with zero attached hydrogens (tertiary/aromatic N) is 2. The fraction of sp³-hybridized carbons (Fsp3) is 0.0667. The predicted molar refractivity (Wildman–Crippen MR) is 72.7 cm³/mol. The molecule has 2 rings (SSSR count). The van der Waals surface area contributed by atoms with Crippen molar-refractivity contribution in [1.29, 1.82) is 0 Å². The minimum absolute atomic E-state index is 0.629. The number of benzene rings is 2. The van der Waals surface area contributed by atoms with E-state index in [1.807, 2.05) is 48.5 Å². The van der Waals surface area contributed by atoms with Gasteiger partial charge >= 0.3 is 0 Å². The Labute approximate surface area is 101 Å². The number of aliphatic imine (C=N–C) groups is 2. The van der Waals surface area contributed by atoms with Crippen molar-refractivity contribution in [2.45, 2.75) is 6.54 Å². The van der Waals surface area contributed by atoms with E-state index in [0.717, 1.165) is 5.56 Å². The molecule has 0 amide bonds. The molecule has 0 aromatic heterocycles. The fourth-order valence-electron chi connectivity index (χ4n) is 1.57. The van der Waals surface area contributed by atoms with Crippen LogP contribution in [0.25, 0.3) is 0 Å². The highest BCUT2D eigenvalue weighted by atomic mass is 14.9. The van der Waals surface area contributed by atoms with Crippen LogP contribution in [0.5, 0.6) is 0 Å². The van der Waals surface area contributed by atoms with Crippen LogP contribution < -0.4 is 0 Å². The molecule has 0 heterocycles. The molecule has 2 heteroatoms. The summed E-state index contributed by atoms with van der Waals surface area (Å²) in [5, 5.41) is 0. The van der Waals surface area contributed by atoms with Crippen molar-refractivity contribution in [2.75, 3.05) is 0 Å². The Bertz CT molecular complexity index is 501. The van der Waals surface area contributed by atoms with Crippen LogP contribution in [0, 0.1) is 0 Å². The summed E-state index contributed by atoms with van der Waals surface area (Å²) in [4.78, 5) is 8.44. The SMILES string of the molecule is C=N/C(=N\Cc1ccccc1)c1ccccc1. The summed E-state index contributed by atoms with van der Waals surface area (Å²) in [5.41, 5.74) is 2.17. The average Bonchev–Trinajstić information content (AvgIpc) is 2.42. The minimum Gasteiger partial charge on any atom is -0.261 e. The van der Waals surface area contributed by atoms with Gasteiger partial charge in [0.25, 0.3) is 0 Å². The Kier molecular flexibility index (Phi) is 3.81. The molecule has 0 aliphatic carbocycles. The molecular formula is C15H14N2. The summed E-state index contributed by atoms with van der Waals surface area (Å²) < 4.78 is 0. The molecule has 0 unspecified atom stereocenters. The first-order chi connectivity index (χ1) is 8.40. The molecule has 0 radical (unpaired) electrons.